The van der Waals surface area contributed by atoms with Gasteiger partial charge in [-0.15, -0.1) is 0 Å². The van der Waals surface area contributed by atoms with Crippen LogP contribution in [0.15, 0.2) is 24.3 Å². The summed E-state index contributed by atoms with van der Waals surface area (Å²) in [5, 5.41) is 0. The van der Waals surface area contributed by atoms with Gasteiger partial charge in [-0.3, -0.25) is 4.79 Å². The largest absolute Gasteiger partial charge is 0.464 e. The van der Waals surface area contributed by atoms with Gasteiger partial charge in [0.15, 0.2) is 0 Å². The van der Waals surface area contributed by atoms with Gasteiger partial charge in [0.2, 0.25) is 0 Å². The van der Waals surface area contributed by atoms with Crippen LogP contribution in [-0.4, -0.2) is 37.7 Å². The van der Waals surface area contributed by atoms with Gasteiger partial charge in [0.1, 0.15) is 12.6 Å². The Morgan fingerprint density at radius 3 is 1.97 bits per heavy atom. The van der Waals surface area contributed by atoms with E-state index >= 15 is 0 Å². The molecule has 1 atom stereocenters. The Hall–Kier alpha value is -2.04. The summed E-state index contributed by atoms with van der Waals surface area (Å²) in [5.41, 5.74) is 1.34. The highest BCUT2D eigenvalue weighted by atomic mass is 16.5. The first kappa shape index (κ1) is 27.0. The van der Waals surface area contributed by atoms with E-state index in [1.807, 2.05) is 43.9 Å². The summed E-state index contributed by atoms with van der Waals surface area (Å²) in [5.74, 6) is -0.626. The van der Waals surface area contributed by atoms with Crippen molar-refractivity contribution in [2.24, 2.45) is 5.41 Å². The molecule has 31 heavy (non-hydrogen) atoms. The van der Waals surface area contributed by atoms with Crippen LogP contribution in [0.4, 0.5) is 5.69 Å². The fourth-order valence-corrected chi connectivity index (χ4v) is 3.53. The lowest BCUT2D eigenvalue weighted by atomic mass is 9.82. The third-order valence-electron chi connectivity index (χ3n) is 5.18. The Bertz CT molecular complexity index is 700. The van der Waals surface area contributed by atoms with Crippen molar-refractivity contribution in [1.82, 2.24) is 0 Å². The van der Waals surface area contributed by atoms with Crippen molar-refractivity contribution in [2.45, 2.75) is 92.5 Å². The first-order valence-electron chi connectivity index (χ1n) is 11.6. The zero-order valence-corrected chi connectivity index (χ0v) is 20.9. The molecule has 0 radical (unpaired) electrons. The molecule has 0 amide bonds. The highest BCUT2D eigenvalue weighted by Crippen LogP contribution is 2.36. The fourth-order valence-electron chi connectivity index (χ4n) is 3.53. The monoisotopic (exact) mass is 433 g/mol. The molecule has 5 heteroatoms. The van der Waals surface area contributed by atoms with Crippen molar-refractivity contribution in [1.29, 1.82) is 0 Å². The highest BCUT2D eigenvalue weighted by molar-refractivity contribution is 5.85. The van der Waals surface area contributed by atoms with Gasteiger partial charge in [-0.25, -0.2) is 4.79 Å². The van der Waals surface area contributed by atoms with Crippen molar-refractivity contribution < 1.29 is 19.1 Å². The molecule has 0 spiro atoms. The number of benzene rings is 1. The van der Waals surface area contributed by atoms with E-state index in [0.29, 0.717) is 13.2 Å². The number of ether oxygens (including phenoxy) is 2. The molecule has 0 heterocycles. The second-order valence-corrected chi connectivity index (χ2v) is 10.3. The van der Waals surface area contributed by atoms with Crippen molar-refractivity contribution in [3.05, 3.63) is 29.8 Å². The maximum absolute atomic E-state index is 13.3. The quantitative estimate of drug-likeness (QED) is 0.322. The number of anilines is 1. The Morgan fingerprint density at radius 2 is 1.45 bits per heavy atom. The van der Waals surface area contributed by atoms with Crippen LogP contribution < -0.4 is 4.90 Å². The van der Waals surface area contributed by atoms with E-state index < -0.39 is 11.5 Å². The van der Waals surface area contributed by atoms with Crippen LogP contribution in [-0.2, 0) is 24.5 Å². The number of para-hydroxylation sites is 1. The van der Waals surface area contributed by atoms with E-state index in [0.717, 1.165) is 36.9 Å². The number of nitrogens with zero attached hydrogens (tertiary/aromatic N) is 1. The van der Waals surface area contributed by atoms with E-state index in [9.17, 15) is 9.59 Å². The molecular weight excluding hydrogens is 390 g/mol. The molecule has 0 aliphatic heterocycles. The molecule has 0 saturated carbocycles. The molecule has 1 unspecified atom stereocenters. The molecule has 0 saturated heterocycles. The van der Waals surface area contributed by atoms with Gasteiger partial charge in [0, 0.05) is 5.69 Å². The lowest BCUT2D eigenvalue weighted by Crippen LogP contribution is -2.53. The summed E-state index contributed by atoms with van der Waals surface area (Å²) in [6.07, 6.45) is 3.55. The minimum atomic E-state index is -0.619. The summed E-state index contributed by atoms with van der Waals surface area (Å²) in [4.78, 5) is 27.9. The summed E-state index contributed by atoms with van der Waals surface area (Å²) < 4.78 is 11.1. The Balaban J connectivity index is 3.42. The predicted molar refractivity (Wildman–Crippen MR) is 127 cm³/mol. The normalized spacial score (nSPS) is 12.9. The summed E-state index contributed by atoms with van der Waals surface area (Å²) in [7, 11) is 0. The molecule has 0 aromatic heterocycles. The number of hydrogen-bond donors (Lipinski definition) is 0. The summed E-state index contributed by atoms with van der Waals surface area (Å²) in [6.45, 7) is 17.3. The van der Waals surface area contributed by atoms with Crippen molar-refractivity contribution >= 4 is 17.6 Å². The van der Waals surface area contributed by atoms with Crippen molar-refractivity contribution in [3.8, 4) is 0 Å². The van der Waals surface area contributed by atoms with Crippen LogP contribution in [0.2, 0.25) is 0 Å². The van der Waals surface area contributed by atoms with E-state index in [-0.39, 0.29) is 23.9 Å². The minimum Gasteiger partial charge on any atom is -0.464 e. The van der Waals surface area contributed by atoms with Gasteiger partial charge in [-0.1, -0.05) is 86.4 Å². The summed E-state index contributed by atoms with van der Waals surface area (Å²) in [6, 6.07) is 7.37. The fraction of sp³-hybridized carbons (Fsp3) is 0.692. The number of esters is 2. The second kappa shape index (κ2) is 12.1. The van der Waals surface area contributed by atoms with Crippen LogP contribution >= 0.6 is 0 Å². The third-order valence-corrected chi connectivity index (χ3v) is 5.18. The van der Waals surface area contributed by atoms with Gasteiger partial charge < -0.3 is 14.4 Å². The third kappa shape index (κ3) is 8.54. The zero-order valence-electron chi connectivity index (χ0n) is 20.9. The average molecular weight is 434 g/mol. The van der Waals surface area contributed by atoms with E-state index in [2.05, 4.69) is 40.7 Å². The van der Waals surface area contributed by atoms with Crippen molar-refractivity contribution in [2.75, 3.05) is 24.7 Å². The lowest BCUT2D eigenvalue weighted by molar-refractivity contribution is -0.148. The topological polar surface area (TPSA) is 55.8 Å². The number of hydrogen-bond acceptors (Lipinski definition) is 5. The number of rotatable bonds is 11. The van der Waals surface area contributed by atoms with Gasteiger partial charge in [0.05, 0.1) is 13.2 Å². The van der Waals surface area contributed by atoms with Crippen LogP contribution in [0.5, 0.6) is 0 Å². The first-order valence-corrected chi connectivity index (χ1v) is 11.6. The molecule has 0 aliphatic carbocycles. The van der Waals surface area contributed by atoms with Crippen LogP contribution in [0.1, 0.15) is 86.6 Å². The molecule has 176 valence electrons. The minimum absolute atomic E-state index is 0.00161. The molecule has 5 nitrogen and oxygen atoms in total. The van der Waals surface area contributed by atoms with Gasteiger partial charge in [0.25, 0.3) is 0 Å². The second-order valence-electron chi connectivity index (χ2n) is 10.3. The zero-order chi connectivity index (χ0) is 23.7. The Kier molecular flexibility index (Phi) is 10.5. The van der Waals surface area contributed by atoms with Gasteiger partial charge in [-0.2, -0.15) is 0 Å². The van der Waals surface area contributed by atoms with Gasteiger partial charge in [-0.05, 0) is 35.3 Å². The molecule has 0 bridgehead atoms. The van der Waals surface area contributed by atoms with E-state index in [1.165, 1.54) is 0 Å². The number of carbonyl (C=O) groups is 2. The molecule has 0 N–H and O–H groups in total. The molecule has 0 aliphatic rings. The van der Waals surface area contributed by atoms with Crippen molar-refractivity contribution in [3.63, 3.8) is 0 Å². The number of unbranched alkanes of at least 4 members (excludes halogenated alkanes) is 2. The molecule has 1 rings (SSSR count). The van der Waals surface area contributed by atoms with Crippen LogP contribution in [0.3, 0.4) is 0 Å². The van der Waals surface area contributed by atoms with E-state index in [4.69, 9.17) is 9.47 Å². The van der Waals surface area contributed by atoms with Crippen LogP contribution in [0.25, 0.3) is 0 Å². The highest BCUT2D eigenvalue weighted by Gasteiger charge is 2.40. The predicted octanol–water partition coefficient (Wildman–Crippen LogP) is 5.89. The maximum atomic E-state index is 13.3. The number of carbonyl (C=O) groups excluding carboxylic acids is 2. The Labute approximate surface area is 189 Å². The SMILES string of the molecule is CCCCOC(=O)CN(c1ccccc1C(C)(C)C)C(C(=O)OCCCC)C(C)(C)C. The molecule has 1 aromatic carbocycles. The molecule has 0 fully saturated rings. The van der Waals surface area contributed by atoms with E-state index in [1.54, 1.807) is 0 Å². The molecule has 1 aromatic rings. The Morgan fingerprint density at radius 1 is 0.903 bits per heavy atom. The standard InChI is InChI=1S/C26H43NO4/c1-9-11-17-30-22(28)19-27(21-16-14-13-15-20(21)25(3,4)5)23(26(6,7)8)24(29)31-18-12-10-2/h13-16,23H,9-12,17-19H2,1-8H3. The lowest BCUT2D eigenvalue weighted by Gasteiger charge is -2.41. The first-order chi connectivity index (χ1) is 14.4. The maximum Gasteiger partial charge on any atom is 0.329 e. The smallest absolute Gasteiger partial charge is 0.329 e. The summed E-state index contributed by atoms with van der Waals surface area (Å²) >= 11 is 0. The van der Waals surface area contributed by atoms with Crippen LogP contribution in [0, 0.1) is 5.41 Å². The average Bonchev–Trinajstić information content (AvgIpc) is 2.66. The van der Waals surface area contributed by atoms with Gasteiger partial charge >= 0.3 is 11.9 Å². The molecular formula is C26H43NO4.